The summed E-state index contributed by atoms with van der Waals surface area (Å²) in [5.41, 5.74) is 5.52. The number of nitrogens with one attached hydrogen (secondary N) is 1. The Morgan fingerprint density at radius 1 is 1.04 bits per heavy atom. The second-order valence-corrected chi connectivity index (χ2v) is 13.1. The van der Waals surface area contributed by atoms with Gasteiger partial charge in [-0.15, -0.1) is 5.10 Å². The van der Waals surface area contributed by atoms with Gasteiger partial charge in [0.2, 0.25) is 5.95 Å². The number of nitrogens with zero attached hydrogens (tertiary/aromatic N) is 6. The highest BCUT2D eigenvalue weighted by Gasteiger charge is 2.27. The normalized spacial score (nSPS) is 18.9. The van der Waals surface area contributed by atoms with Gasteiger partial charge in [0.1, 0.15) is 5.75 Å². The first-order valence-electron chi connectivity index (χ1n) is 15.8. The van der Waals surface area contributed by atoms with E-state index in [9.17, 15) is 8.76 Å². The summed E-state index contributed by atoms with van der Waals surface area (Å²) in [5, 5.41) is 8.20. The van der Waals surface area contributed by atoms with Crippen LogP contribution in [0.15, 0.2) is 60.8 Å². The number of rotatable bonds is 11. The number of hydrogen-bond donors (Lipinski definition) is 1. The zero-order valence-electron chi connectivity index (χ0n) is 25.6. The summed E-state index contributed by atoms with van der Waals surface area (Å²) in [5.74, 6) is 1.63. The smallest absolute Gasteiger partial charge is 0.245 e. The number of hydrogen-bond acceptors (Lipinski definition) is 9. The van der Waals surface area contributed by atoms with E-state index in [-0.39, 0.29) is 0 Å². The lowest BCUT2D eigenvalue weighted by Crippen LogP contribution is -2.49. The molecular formula is C33H40N7O4S-. The average Bonchev–Trinajstić information content (AvgIpc) is 3.81. The van der Waals surface area contributed by atoms with E-state index in [0.29, 0.717) is 31.0 Å². The van der Waals surface area contributed by atoms with Crippen LogP contribution in [0.5, 0.6) is 5.75 Å². The molecule has 7 rings (SSSR count). The molecule has 0 spiro atoms. The number of morpholine rings is 1. The van der Waals surface area contributed by atoms with Crippen LogP contribution in [-0.4, -0.2) is 91.7 Å². The second-order valence-electron chi connectivity index (χ2n) is 12.2. The zero-order chi connectivity index (χ0) is 30.8. The Kier molecular flexibility index (Phi) is 8.99. The van der Waals surface area contributed by atoms with Gasteiger partial charge in [0, 0.05) is 73.9 Å². The van der Waals surface area contributed by atoms with Crippen LogP contribution in [0.3, 0.4) is 0 Å². The molecule has 2 saturated heterocycles. The maximum Gasteiger partial charge on any atom is 0.245 e. The molecule has 3 aliphatic rings. The summed E-state index contributed by atoms with van der Waals surface area (Å²) < 4.78 is 38.7. The molecular weight excluding hydrogens is 590 g/mol. The van der Waals surface area contributed by atoms with Crippen LogP contribution in [0.25, 0.3) is 16.8 Å². The molecule has 1 unspecified atom stereocenters. The maximum absolute atomic E-state index is 12.0. The molecule has 1 N–H and O–H groups in total. The quantitative estimate of drug-likeness (QED) is 0.240. The number of benzene rings is 2. The number of anilines is 3. The molecule has 2 aliphatic heterocycles. The van der Waals surface area contributed by atoms with Crippen LogP contribution in [0.4, 0.5) is 17.3 Å². The van der Waals surface area contributed by atoms with E-state index in [1.807, 2.05) is 47.0 Å². The monoisotopic (exact) mass is 630 g/mol. The van der Waals surface area contributed by atoms with Gasteiger partial charge in [-0.25, -0.2) is 13.8 Å². The van der Waals surface area contributed by atoms with Crippen LogP contribution in [0.1, 0.15) is 31.2 Å². The van der Waals surface area contributed by atoms with Crippen LogP contribution in [0.2, 0.25) is 0 Å². The highest BCUT2D eigenvalue weighted by atomic mass is 32.2. The number of fused-ring (bicyclic) bond motifs is 1. The number of ether oxygens (including phenoxy) is 2. The Hall–Kier alpha value is -3.55. The minimum absolute atomic E-state index is 0.320. The van der Waals surface area contributed by atoms with Gasteiger partial charge in [0.25, 0.3) is 0 Å². The zero-order valence-corrected chi connectivity index (χ0v) is 26.5. The predicted octanol–water partition coefficient (Wildman–Crippen LogP) is 4.46. The van der Waals surface area contributed by atoms with Gasteiger partial charge in [-0.3, -0.25) is 9.11 Å². The van der Waals surface area contributed by atoms with E-state index >= 15 is 0 Å². The Labute approximate surface area is 266 Å². The largest absolute Gasteiger partial charge is 0.760 e. The summed E-state index contributed by atoms with van der Waals surface area (Å²) in [7, 11) is 1.68. The van der Waals surface area contributed by atoms with Crippen molar-refractivity contribution in [1.29, 1.82) is 0 Å². The molecule has 4 aromatic rings. The van der Waals surface area contributed by atoms with E-state index < -0.39 is 11.3 Å². The third kappa shape index (κ3) is 6.85. The lowest BCUT2D eigenvalue weighted by molar-refractivity contribution is 0.0115. The molecule has 1 saturated carbocycles. The lowest BCUT2D eigenvalue weighted by Gasteiger charge is -2.40. The first kappa shape index (κ1) is 30.1. The molecule has 11 nitrogen and oxygen atoms in total. The van der Waals surface area contributed by atoms with E-state index in [1.54, 1.807) is 13.3 Å². The molecule has 0 radical (unpaired) electrons. The van der Waals surface area contributed by atoms with Gasteiger partial charge in [-0.1, -0.05) is 24.3 Å². The van der Waals surface area contributed by atoms with Crippen LogP contribution >= 0.6 is 0 Å². The summed E-state index contributed by atoms with van der Waals surface area (Å²) in [6, 6.07) is 18.8. The van der Waals surface area contributed by atoms with Crippen molar-refractivity contribution in [1.82, 2.24) is 23.8 Å². The summed E-state index contributed by atoms with van der Waals surface area (Å²) >= 11 is -2.28. The first-order valence-corrected chi connectivity index (χ1v) is 16.9. The Morgan fingerprint density at radius 3 is 2.60 bits per heavy atom. The highest BCUT2D eigenvalue weighted by Crippen LogP contribution is 2.34. The van der Waals surface area contributed by atoms with Gasteiger partial charge >= 0.3 is 0 Å². The van der Waals surface area contributed by atoms with Crippen molar-refractivity contribution in [3.05, 3.63) is 66.4 Å². The molecule has 238 valence electrons. The van der Waals surface area contributed by atoms with Gasteiger partial charge in [0.15, 0.2) is 0 Å². The molecule has 2 aromatic heterocycles. The Bertz CT molecular complexity index is 1650. The maximum atomic E-state index is 12.0. The third-order valence-corrected chi connectivity index (χ3v) is 9.93. The van der Waals surface area contributed by atoms with Crippen molar-refractivity contribution in [2.75, 3.05) is 63.3 Å². The fourth-order valence-corrected chi connectivity index (χ4v) is 7.14. The number of aromatic nitrogens is 3. The first-order chi connectivity index (χ1) is 22.1. The summed E-state index contributed by atoms with van der Waals surface area (Å²) in [6.07, 6.45) is 6.25. The van der Waals surface area contributed by atoms with Crippen LogP contribution in [-0.2, 0) is 22.5 Å². The fraction of sp³-hybridized carbons (Fsp3) is 0.455. The van der Waals surface area contributed by atoms with Crippen molar-refractivity contribution in [3.63, 3.8) is 0 Å². The van der Waals surface area contributed by atoms with E-state index in [1.165, 1.54) is 4.31 Å². The van der Waals surface area contributed by atoms with E-state index in [4.69, 9.17) is 14.6 Å². The van der Waals surface area contributed by atoms with Crippen LogP contribution < -0.4 is 15.0 Å². The van der Waals surface area contributed by atoms with Gasteiger partial charge < -0.3 is 24.2 Å². The molecule has 45 heavy (non-hydrogen) atoms. The minimum Gasteiger partial charge on any atom is -0.760 e. The van der Waals surface area contributed by atoms with E-state index in [0.717, 1.165) is 105 Å². The van der Waals surface area contributed by atoms with Gasteiger partial charge in [0.05, 0.1) is 43.4 Å². The summed E-state index contributed by atoms with van der Waals surface area (Å²) in [6.45, 7) is 6.65. The molecule has 3 fully saturated rings. The second kappa shape index (κ2) is 13.4. The van der Waals surface area contributed by atoms with Gasteiger partial charge in [-0.05, 0) is 61.4 Å². The molecule has 12 heteroatoms. The van der Waals surface area contributed by atoms with Gasteiger partial charge in [-0.2, -0.15) is 0 Å². The third-order valence-electron chi connectivity index (χ3n) is 9.23. The highest BCUT2D eigenvalue weighted by molar-refractivity contribution is 7.76. The number of piperidine rings is 1. The standard InChI is InChI=1S/C33H41N7O4S/c1-43-32-20-27(37-14-12-26(13-15-37)38-16-18-44-19-17-38)8-10-30(32)35-33-34-21-28-9-11-31(40(28)36-33)29-5-3-2-4-25(29)23-39(45(41)42)22-24-6-7-24/h2-5,8-11,20-21,24,26H,6-7,12-19,22-23H2,1H3,(H,35,36)(H,41,42)/p-1. The average molecular weight is 631 g/mol. The fourth-order valence-electron chi connectivity index (χ4n) is 6.56. The topological polar surface area (TPSA) is 111 Å². The van der Waals surface area contributed by atoms with E-state index in [2.05, 4.69) is 32.2 Å². The van der Waals surface area contributed by atoms with Crippen LogP contribution in [0, 0.1) is 5.92 Å². The number of methoxy groups -OCH3 is 1. The SMILES string of the molecule is COc1cc(N2CCC(N3CCOCC3)CC2)ccc1Nc1ncc2ccc(-c3ccccc3CN(CC3CC3)S(=O)[O-])n2n1. The molecule has 2 aromatic carbocycles. The Morgan fingerprint density at radius 2 is 1.84 bits per heavy atom. The van der Waals surface area contributed by atoms with Crippen molar-refractivity contribution < 1.29 is 18.2 Å². The molecule has 0 amide bonds. The van der Waals surface area contributed by atoms with Crippen molar-refractivity contribution in [2.24, 2.45) is 5.92 Å². The predicted molar refractivity (Wildman–Crippen MR) is 174 cm³/mol. The molecule has 1 atom stereocenters. The molecule has 0 bridgehead atoms. The summed E-state index contributed by atoms with van der Waals surface area (Å²) in [4.78, 5) is 9.59. The van der Waals surface area contributed by atoms with Crippen molar-refractivity contribution in [2.45, 2.75) is 38.3 Å². The van der Waals surface area contributed by atoms with Crippen molar-refractivity contribution >= 4 is 34.1 Å². The Balaban J connectivity index is 1.08. The molecule has 1 aliphatic carbocycles. The minimum atomic E-state index is -2.28. The molecule has 4 heterocycles. The lowest BCUT2D eigenvalue weighted by atomic mass is 10.0. The van der Waals surface area contributed by atoms with Crippen molar-refractivity contribution in [3.8, 4) is 17.0 Å².